The molecule has 0 bridgehead atoms. The molecule has 0 saturated carbocycles. The normalized spacial score (nSPS) is 21.2. The fourth-order valence-electron chi connectivity index (χ4n) is 2.54. The monoisotopic (exact) mass is 239 g/mol. The first kappa shape index (κ1) is 12.1. The van der Waals surface area contributed by atoms with Gasteiger partial charge >= 0.3 is 0 Å². The first-order valence-corrected chi connectivity index (χ1v) is 7.03. The third-order valence-corrected chi connectivity index (χ3v) is 4.72. The van der Waals surface area contributed by atoms with Gasteiger partial charge in [0.15, 0.2) is 0 Å². The van der Waals surface area contributed by atoms with Crippen LogP contribution in [0.25, 0.3) is 0 Å². The van der Waals surface area contributed by atoms with Crippen LogP contribution < -0.4 is 0 Å². The molecule has 0 unspecified atom stereocenters. The summed E-state index contributed by atoms with van der Waals surface area (Å²) < 4.78 is 0. The van der Waals surface area contributed by atoms with Gasteiger partial charge in [-0.15, -0.1) is 11.3 Å². The van der Waals surface area contributed by atoms with Crippen LogP contribution in [0.4, 0.5) is 0 Å². The molecule has 1 fully saturated rings. The Morgan fingerprint density at radius 3 is 2.62 bits per heavy atom. The topological polar surface area (TPSA) is 23.5 Å². The van der Waals surface area contributed by atoms with E-state index in [1.807, 2.05) is 0 Å². The van der Waals surface area contributed by atoms with Crippen LogP contribution in [0, 0.1) is 6.92 Å². The second kappa shape index (κ2) is 4.86. The zero-order valence-corrected chi connectivity index (χ0v) is 11.0. The number of likely N-dealkylation sites (tertiary alicyclic amines) is 1. The Hall–Kier alpha value is -0.380. The van der Waals surface area contributed by atoms with Gasteiger partial charge in [0.25, 0.3) is 0 Å². The molecule has 2 heterocycles. The number of aryl methyl sites for hydroxylation is 1. The van der Waals surface area contributed by atoms with Crippen LogP contribution in [0.2, 0.25) is 0 Å². The van der Waals surface area contributed by atoms with Gasteiger partial charge in [-0.2, -0.15) is 0 Å². The average Bonchev–Trinajstić information content (AvgIpc) is 2.69. The minimum absolute atomic E-state index is 0.553. The number of rotatable bonds is 3. The van der Waals surface area contributed by atoms with E-state index in [0.29, 0.717) is 0 Å². The Balaban J connectivity index is 2.04. The van der Waals surface area contributed by atoms with Crippen LogP contribution in [0.15, 0.2) is 11.4 Å². The maximum absolute atomic E-state index is 10.7. The lowest BCUT2D eigenvalue weighted by molar-refractivity contribution is -0.0232. The standard InChI is InChI=1S/C13H21NOS/c1-3-7-14-8-5-13(15,6-9-14)12-11(2)4-10-16-12/h4,10,15H,3,5-9H2,1-2H3. The molecule has 1 aromatic rings. The van der Waals surface area contributed by atoms with Gasteiger partial charge in [0, 0.05) is 18.0 Å². The summed E-state index contributed by atoms with van der Waals surface area (Å²) in [5.41, 5.74) is 0.694. The Labute approximate surface area is 102 Å². The zero-order chi connectivity index (χ0) is 11.6. The summed E-state index contributed by atoms with van der Waals surface area (Å²) >= 11 is 1.70. The molecular formula is C13H21NOS. The molecule has 1 N–H and O–H groups in total. The summed E-state index contributed by atoms with van der Waals surface area (Å²) in [6.45, 7) is 7.54. The number of nitrogens with zero attached hydrogens (tertiary/aromatic N) is 1. The Bertz CT molecular complexity index is 339. The number of hydrogen-bond acceptors (Lipinski definition) is 3. The molecule has 0 spiro atoms. The van der Waals surface area contributed by atoms with Gasteiger partial charge in [-0.25, -0.2) is 0 Å². The highest BCUT2D eigenvalue weighted by Crippen LogP contribution is 2.37. The molecule has 0 radical (unpaired) electrons. The molecule has 0 aromatic carbocycles. The first-order valence-electron chi connectivity index (χ1n) is 6.15. The Morgan fingerprint density at radius 2 is 2.12 bits per heavy atom. The molecule has 1 aromatic heterocycles. The van der Waals surface area contributed by atoms with Crippen LogP contribution in [0.1, 0.15) is 36.6 Å². The molecule has 2 nitrogen and oxygen atoms in total. The molecule has 1 aliphatic heterocycles. The van der Waals surface area contributed by atoms with Crippen molar-refractivity contribution < 1.29 is 5.11 Å². The van der Waals surface area contributed by atoms with Crippen molar-refractivity contribution in [3.63, 3.8) is 0 Å². The van der Waals surface area contributed by atoms with Crippen LogP contribution >= 0.6 is 11.3 Å². The number of piperidine rings is 1. The van der Waals surface area contributed by atoms with Gasteiger partial charge < -0.3 is 10.0 Å². The van der Waals surface area contributed by atoms with Crippen molar-refractivity contribution in [3.8, 4) is 0 Å². The molecule has 1 saturated heterocycles. The Kier molecular flexibility index (Phi) is 3.67. The van der Waals surface area contributed by atoms with Gasteiger partial charge in [0.1, 0.15) is 5.60 Å². The van der Waals surface area contributed by atoms with Crippen LogP contribution in [0.5, 0.6) is 0 Å². The molecule has 90 valence electrons. The lowest BCUT2D eigenvalue weighted by Gasteiger charge is -2.38. The first-order chi connectivity index (χ1) is 7.65. The van der Waals surface area contributed by atoms with Crippen molar-refractivity contribution >= 4 is 11.3 Å². The van der Waals surface area contributed by atoms with Gasteiger partial charge in [-0.1, -0.05) is 6.92 Å². The van der Waals surface area contributed by atoms with E-state index in [4.69, 9.17) is 0 Å². The van der Waals surface area contributed by atoms with E-state index in [1.165, 1.54) is 23.4 Å². The summed E-state index contributed by atoms with van der Waals surface area (Å²) in [6.07, 6.45) is 2.97. The van der Waals surface area contributed by atoms with Crippen molar-refractivity contribution in [1.29, 1.82) is 0 Å². The van der Waals surface area contributed by atoms with E-state index in [9.17, 15) is 5.11 Å². The van der Waals surface area contributed by atoms with E-state index in [-0.39, 0.29) is 0 Å². The molecule has 2 rings (SSSR count). The zero-order valence-electron chi connectivity index (χ0n) is 10.2. The van der Waals surface area contributed by atoms with E-state index < -0.39 is 5.60 Å². The SMILES string of the molecule is CCCN1CCC(O)(c2sccc2C)CC1. The van der Waals surface area contributed by atoms with Gasteiger partial charge in [-0.3, -0.25) is 0 Å². The minimum atomic E-state index is -0.553. The molecular weight excluding hydrogens is 218 g/mol. The van der Waals surface area contributed by atoms with E-state index in [1.54, 1.807) is 11.3 Å². The van der Waals surface area contributed by atoms with Gasteiger partial charge in [0.05, 0.1) is 0 Å². The van der Waals surface area contributed by atoms with Crippen molar-refractivity contribution in [3.05, 3.63) is 21.9 Å². The highest BCUT2D eigenvalue weighted by atomic mass is 32.1. The molecule has 0 aliphatic carbocycles. The van der Waals surface area contributed by atoms with Crippen molar-refractivity contribution in [1.82, 2.24) is 4.90 Å². The van der Waals surface area contributed by atoms with E-state index >= 15 is 0 Å². The van der Waals surface area contributed by atoms with Gasteiger partial charge in [0.2, 0.25) is 0 Å². The fourth-order valence-corrected chi connectivity index (χ4v) is 3.62. The summed E-state index contributed by atoms with van der Waals surface area (Å²) in [7, 11) is 0. The number of aliphatic hydroxyl groups is 1. The predicted octanol–water partition coefficient (Wildman–Crippen LogP) is 2.75. The third-order valence-electron chi connectivity index (χ3n) is 3.51. The van der Waals surface area contributed by atoms with Crippen molar-refractivity contribution in [2.24, 2.45) is 0 Å². The van der Waals surface area contributed by atoms with Crippen LogP contribution in [-0.2, 0) is 5.60 Å². The van der Waals surface area contributed by atoms with Crippen molar-refractivity contribution in [2.45, 2.75) is 38.7 Å². The second-order valence-corrected chi connectivity index (χ2v) is 5.72. The highest BCUT2D eigenvalue weighted by molar-refractivity contribution is 7.10. The fraction of sp³-hybridized carbons (Fsp3) is 0.692. The predicted molar refractivity (Wildman–Crippen MR) is 68.9 cm³/mol. The van der Waals surface area contributed by atoms with Crippen LogP contribution in [-0.4, -0.2) is 29.6 Å². The maximum atomic E-state index is 10.7. The van der Waals surface area contributed by atoms with Crippen LogP contribution in [0.3, 0.4) is 0 Å². The lowest BCUT2D eigenvalue weighted by atomic mass is 9.88. The summed E-state index contributed by atoms with van der Waals surface area (Å²) in [5, 5.41) is 12.8. The third kappa shape index (κ3) is 2.31. The summed E-state index contributed by atoms with van der Waals surface area (Å²) in [4.78, 5) is 3.64. The number of thiophene rings is 1. The molecule has 0 atom stereocenters. The smallest absolute Gasteiger partial charge is 0.101 e. The van der Waals surface area contributed by atoms with E-state index in [2.05, 4.69) is 30.2 Å². The lowest BCUT2D eigenvalue weighted by Crippen LogP contribution is -2.42. The maximum Gasteiger partial charge on any atom is 0.101 e. The van der Waals surface area contributed by atoms with Gasteiger partial charge in [-0.05, 0) is 49.7 Å². The molecule has 3 heteroatoms. The molecule has 0 amide bonds. The minimum Gasteiger partial charge on any atom is -0.384 e. The highest BCUT2D eigenvalue weighted by Gasteiger charge is 2.35. The summed E-state index contributed by atoms with van der Waals surface area (Å²) in [6, 6.07) is 2.11. The average molecular weight is 239 g/mol. The number of hydrogen-bond donors (Lipinski definition) is 1. The molecule has 16 heavy (non-hydrogen) atoms. The van der Waals surface area contributed by atoms with Crippen molar-refractivity contribution in [2.75, 3.05) is 19.6 Å². The Morgan fingerprint density at radius 1 is 1.44 bits per heavy atom. The molecule has 1 aliphatic rings. The quantitative estimate of drug-likeness (QED) is 0.876. The summed E-state index contributed by atoms with van der Waals surface area (Å²) in [5.74, 6) is 0. The van der Waals surface area contributed by atoms with E-state index in [0.717, 1.165) is 25.9 Å². The largest absolute Gasteiger partial charge is 0.384 e. The second-order valence-electron chi connectivity index (χ2n) is 4.81.